The van der Waals surface area contributed by atoms with Crippen LogP contribution in [0.4, 0.5) is 11.4 Å². The highest BCUT2D eigenvalue weighted by atomic mass is 35.5. The minimum Gasteiger partial charge on any atom is -0.343 e. The van der Waals surface area contributed by atoms with E-state index in [1.165, 1.54) is 28.6 Å². The van der Waals surface area contributed by atoms with Crippen LogP contribution in [-0.2, 0) is 21.2 Å². The van der Waals surface area contributed by atoms with Gasteiger partial charge in [0.15, 0.2) is 0 Å². The molecule has 2 N–H and O–H groups in total. The van der Waals surface area contributed by atoms with Crippen molar-refractivity contribution < 1.29 is 18.0 Å². The lowest BCUT2D eigenvalue weighted by Crippen LogP contribution is -2.33. The van der Waals surface area contributed by atoms with Crippen molar-refractivity contribution in [3.05, 3.63) is 88.4 Å². The van der Waals surface area contributed by atoms with E-state index in [0.29, 0.717) is 29.4 Å². The molecule has 0 saturated heterocycles. The van der Waals surface area contributed by atoms with Crippen LogP contribution in [0.15, 0.2) is 71.6 Å². The van der Waals surface area contributed by atoms with Gasteiger partial charge in [0.2, 0.25) is 5.91 Å². The third-order valence-electron chi connectivity index (χ3n) is 5.34. The van der Waals surface area contributed by atoms with Gasteiger partial charge in [-0.3, -0.25) is 13.9 Å². The first-order valence-corrected chi connectivity index (χ1v) is 12.1. The van der Waals surface area contributed by atoms with Crippen LogP contribution in [0.3, 0.4) is 0 Å². The Morgan fingerprint density at radius 2 is 1.82 bits per heavy atom. The highest BCUT2D eigenvalue weighted by Crippen LogP contribution is 2.32. The van der Waals surface area contributed by atoms with Crippen molar-refractivity contribution >= 4 is 44.8 Å². The summed E-state index contributed by atoms with van der Waals surface area (Å²) < 4.78 is 27.8. The first kappa shape index (κ1) is 22.8. The number of sulfonamides is 1. The van der Waals surface area contributed by atoms with Crippen LogP contribution in [0, 0.1) is 6.92 Å². The minimum atomic E-state index is -3.83. The Balaban J connectivity index is 1.44. The lowest BCUT2D eigenvalue weighted by Gasteiger charge is -2.20. The van der Waals surface area contributed by atoms with Crippen molar-refractivity contribution in [2.45, 2.75) is 18.2 Å². The van der Waals surface area contributed by atoms with Gasteiger partial charge in [0, 0.05) is 12.1 Å². The van der Waals surface area contributed by atoms with E-state index in [1.807, 2.05) is 25.1 Å². The molecule has 33 heavy (non-hydrogen) atoms. The summed E-state index contributed by atoms with van der Waals surface area (Å²) in [6.45, 7) is 1.94. The number of para-hydroxylation sites is 1. The van der Waals surface area contributed by atoms with Crippen LogP contribution in [0.25, 0.3) is 0 Å². The van der Waals surface area contributed by atoms with Crippen molar-refractivity contribution in [1.29, 1.82) is 0 Å². The third kappa shape index (κ3) is 4.86. The second-order valence-corrected chi connectivity index (χ2v) is 9.97. The van der Waals surface area contributed by atoms with Gasteiger partial charge in [0.25, 0.3) is 15.9 Å². The Morgan fingerprint density at radius 1 is 1.03 bits per heavy atom. The SMILES string of the molecule is Cc1ccc(NC(=O)CNC(=O)c2cccc(S(=O)(=O)N3CCc4ccccc43)c2)c(Cl)c1. The molecule has 0 aliphatic carbocycles. The monoisotopic (exact) mass is 483 g/mol. The fraction of sp³-hybridized carbons (Fsp3) is 0.167. The minimum absolute atomic E-state index is 0.0164. The topological polar surface area (TPSA) is 95.6 Å². The van der Waals surface area contributed by atoms with E-state index < -0.39 is 21.8 Å². The zero-order valence-electron chi connectivity index (χ0n) is 17.8. The molecule has 1 aliphatic rings. The summed E-state index contributed by atoms with van der Waals surface area (Å²) in [5.41, 5.74) is 3.16. The molecule has 9 heteroatoms. The number of hydrogen-bond acceptors (Lipinski definition) is 4. The molecule has 0 aromatic heterocycles. The van der Waals surface area contributed by atoms with Crippen LogP contribution >= 0.6 is 11.6 Å². The predicted octanol–water partition coefficient (Wildman–Crippen LogP) is 3.77. The van der Waals surface area contributed by atoms with Crippen LogP contribution in [-0.4, -0.2) is 33.3 Å². The maximum absolute atomic E-state index is 13.2. The molecular formula is C24H22ClN3O4S. The zero-order valence-corrected chi connectivity index (χ0v) is 19.4. The van der Waals surface area contributed by atoms with E-state index in [9.17, 15) is 18.0 Å². The molecule has 1 heterocycles. The summed E-state index contributed by atoms with van der Waals surface area (Å²) in [6.07, 6.45) is 0.635. The molecule has 3 aromatic rings. The average Bonchev–Trinajstić information content (AvgIpc) is 3.24. The second kappa shape index (κ2) is 9.25. The number of benzene rings is 3. The van der Waals surface area contributed by atoms with Crippen LogP contribution < -0.4 is 14.9 Å². The number of nitrogens with one attached hydrogen (secondary N) is 2. The van der Waals surface area contributed by atoms with Gasteiger partial charge >= 0.3 is 0 Å². The van der Waals surface area contributed by atoms with Crippen molar-refractivity contribution in [2.75, 3.05) is 22.7 Å². The first-order chi connectivity index (χ1) is 15.8. The average molecular weight is 484 g/mol. The van der Waals surface area contributed by atoms with Crippen molar-refractivity contribution in [2.24, 2.45) is 0 Å². The molecule has 0 bridgehead atoms. The lowest BCUT2D eigenvalue weighted by molar-refractivity contribution is -0.115. The first-order valence-electron chi connectivity index (χ1n) is 10.3. The molecule has 0 unspecified atom stereocenters. The number of amides is 2. The van der Waals surface area contributed by atoms with Crippen molar-refractivity contribution in [3.8, 4) is 0 Å². The molecule has 0 radical (unpaired) electrons. The van der Waals surface area contributed by atoms with Crippen molar-refractivity contribution in [3.63, 3.8) is 0 Å². The molecule has 170 valence electrons. The number of carbonyl (C=O) groups is 2. The van der Waals surface area contributed by atoms with Crippen LogP contribution in [0.5, 0.6) is 0 Å². The van der Waals surface area contributed by atoms with E-state index in [1.54, 1.807) is 24.3 Å². The van der Waals surface area contributed by atoms with Gasteiger partial charge in [0.1, 0.15) is 0 Å². The number of hydrogen-bond donors (Lipinski definition) is 2. The maximum atomic E-state index is 13.2. The van der Waals surface area contributed by atoms with Crippen LogP contribution in [0.1, 0.15) is 21.5 Å². The Kier molecular flexibility index (Phi) is 6.40. The molecule has 3 aromatic carbocycles. The Labute approximate surface area is 197 Å². The highest BCUT2D eigenvalue weighted by Gasteiger charge is 2.31. The van der Waals surface area contributed by atoms with Crippen LogP contribution in [0.2, 0.25) is 5.02 Å². The quantitative estimate of drug-likeness (QED) is 0.558. The lowest BCUT2D eigenvalue weighted by atomic mass is 10.2. The van der Waals surface area contributed by atoms with E-state index in [0.717, 1.165) is 11.1 Å². The summed E-state index contributed by atoms with van der Waals surface area (Å²) >= 11 is 6.11. The largest absolute Gasteiger partial charge is 0.343 e. The number of halogens is 1. The molecule has 2 amide bonds. The van der Waals surface area contributed by atoms with Crippen molar-refractivity contribution in [1.82, 2.24) is 5.32 Å². The van der Waals surface area contributed by atoms with Gasteiger partial charge in [-0.1, -0.05) is 41.9 Å². The Morgan fingerprint density at radius 3 is 2.61 bits per heavy atom. The highest BCUT2D eigenvalue weighted by molar-refractivity contribution is 7.92. The Hall–Kier alpha value is -3.36. The number of rotatable bonds is 6. The molecule has 4 rings (SSSR count). The number of anilines is 2. The van der Waals surface area contributed by atoms with Gasteiger partial charge in [0.05, 0.1) is 27.8 Å². The molecule has 0 saturated carbocycles. The van der Waals surface area contributed by atoms with Gasteiger partial charge in [-0.2, -0.15) is 0 Å². The molecular weight excluding hydrogens is 462 g/mol. The van der Waals surface area contributed by atoms with Gasteiger partial charge < -0.3 is 10.6 Å². The van der Waals surface area contributed by atoms with E-state index in [4.69, 9.17) is 11.6 Å². The molecule has 0 spiro atoms. The third-order valence-corrected chi connectivity index (χ3v) is 7.46. The standard InChI is InChI=1S/C24H22ClN3O4S/c1-16-9-10-21(20(25)13-16)27-23(29)15-26-24(30)18-6-4-7-19(14-18)33(31,32)28-12-11-17-5-2-3-8-22(17)28/h2-10,13-14H,11-12,15H2,1H3,(H,26,30)(H,27,29). The Bertz CT molecular complexity index is 1340. The summed E-state index contributed by atoms with van der Waals surface area (Å²) in [5.74, 6) is -1.01. The second-order valence-electron chi connectivity index (χ2n) is 7.70. The number of aryl methyl sites for hydroxylation is 1. The molecule has 1 aliphatic heterocycles. The molecule has 0 fully saturated rings. The normalized spacial score (nSPS) is 12.8. The number of fused-ring (bicyclic) bond motifs is 1. The zero-order chi connectivity index (χ0) is 23.6. The summed E-state index contributed by atoms with van der Waals surface area (Å²) in [4.78, 5) is 24.8. The molecule has 7 nitrogen and oxygen atoms in total. The fourth-order valence-corrected chi connectivity index (χ4v) is 5.49. The van der Waals surface area contributed by atoms with E-state index in [-0.39, 0.29) is 17.0 Å². The fourth-order valence-electron chi connectivity index (χ4n) is 3.66. The van der Waals surface area contributed by atoms with Gasteiger partial charge in [-0.15, -0.1) is 0 Å². The van der Waals surface area contributed by atoms with Gasteiger partial charge in [-0.25, -0.2) is 8.42 Å². The van der Waals surface area contributed by atoms with E-state index in [2.05, 4.69) is 10.6 Å². The maximum Gasteiger partial charge on any atom is 0.264 e. The summed E-state index contributed by atoms with van der Waals surface area (Å²) in [6, 6.07) is 18.4. The van der Waals surface area contributed by atoms with E-state index >= 15 is 0 Å². The summed E-state index contributed by atoms with van der Waals surface area (Å²) in [7, 11) is -3.83. The predicted molar refractivity (Wildman–Crippen MR) is 128 cm³/mol. The van der Waals surface area contributed by atoms with Gasteiger partial charge in [-0.05, 0) is 60.9 Å². The summed E-state index contributed by atoms with van der Waals surface area (Å²) in [5, 5.41) is 5.55. The smallest absolute Gasteiger partial charge is 0.264 e. The number of carbonyl (C=O) groups excluding carboxylic acids is 2. The molecule has 0 atom stereocenters. The number of nitrogens with zero attached hydrogens (tertiary/aromatic N) is 1.